The first kappa shape index (κ1) is 25.1. The molecule has 0 aromatic carbocycles. The van der Waals surface area contributed by atoms with E-state index in [2.05, 4.69) is 39.9 Å². The van der Waals surface area contributed by atoms with E-state index in [-0.39, 0.29) is 12.0 Å². The minimum absolute atomic E-state index is 0.164. The minimum Gasteiger partial charge on any atom is -0.393 e. The van der Waals surface area contributed by atoms with Crippen LogP contribution in [-0.2, 0) is 4.79 Å². The first-order valence-electron chi connectivity index (χ1n) is 14.8. The fourth-order valence-electron chi connectivity index (χ4n) is 7.14. The summed E-state index contributed by atoms with van der Waals surface area (Å²) < 4.78 is 2.39. The van der Waals surface area contributed by atoms with Crippen LogP contribution >= 0.6 is 0 Å². The Labute approximate surface area is 220 Å². The molecule has 0 spiro atoms. The van der Waals surface area contributed by atoms with Gasteiger partial charge >= 0.3 is 0 Å². The highest BCUT2D eigenvalue weighted by atomic mass is 16.3. The molecule has 1 amide bonds. The van der Waals surface area contributed by atoms with E-state index in [9.17, 15) is 9.90 Å². The summed E-state index contributed by atoms with van der Waals surface area (Å²) in [7, 11) is 2.13. The third kappa shape index (κ3) is 5.24. The number of carbonyl (C=O) groups is 1. The van der Waals surface area contributed by atoms with Crippen molar-refractivity contribution in [2.24, 2.45) is 11.8 Å². The monoisotopic (exact) mass is 508 g/mol. The van der Waals surface area contributed by atoms with E-state index in [4.69, 9.17) is 9.97 Å². The maximum absolute atomic E-state index is 13.2. The van der Waals surface area contributed by atoms with Crippen molar-refractivity contribution in [2.45, 2.75) is 95.2 Å². The molecule has 0 bridgehead atoms. The van der Waals surface area contributed by atoms with Gasteiger partial charge in [0.15, 0.2) is 0 Å². The SMILES string of the molecule is CC[C@@H]1C[C@H]1Nc1ncc2c(C3CCN(C(=O)C4CCCN(C)C4)CC3)cn(C3CCC(O)CC3)c2n1. The predicted octanol–water partition coefficient (Wildman–Crippen LogP) is 4.17. The number of hydrogen-bond donors (Lipinski definition) is 2. The van der Waals surface area contributed by atoms with Crippen molar-refractivity contribution >= 4 is 22.9 Å². The smallest absolute Gasteiger partial charge is 0.226 e. The van der Waals surface area contributed by atoms with Gasteiger partial charge in [0.2, 0.25) is 11.9 Å². The van der Waals surface area contributed by atoms with Crippen LogP contribution in [0.5, 0.6) is 0 Å². The van der Waals surface area contributed by atoms with Gasteiger partial charge < -0.3 is 24.8 Å². The van der Waals surface area contributed by atoms with Crippen molar-refractivity contribution < 1.29 is 9.90 Å². The summed E-state index contributed by atoms with van der Waals surface area (Å²) in [5.41, 5.74) is 2.38. The molecule has 3 atom stereocenters. The van der Waals surface area contributed by atoms with Gasteiger partial charge in [-0.2, -0.15) is 4.98 Å². The van der Waals surface area contributed by atoms with Crippen molar-refractivity contribution in [3.05, 3.63) is 18.0 Å². The lowest BCUT2D eigenvalue weighted by Gasteiger charge is -2.37. The van der Waals surface area contributed by atoms with Gasteiger partial charge in [0.1, 0.15) is 5.65 Å². The third-order valence-electron chi connectivity index (χ3n) is 9.64. The Kier molecular flexibility index (Phi) is 7.14. The molecule has 4 heterocycles. The van der Waals surface area contributed by atoms with Gasteiger partial charge in [-0.3, -0.25) is 4.79 Å². The summed E-state index contributed by atoms with van der Waals surface area (Å²) in [6.45, 7) is 5.93. The summed E-state index contributed by atoms with van der Waals surface area (Å²) in [5.74, 6) is 2.43. The number of aromatic nitrogens is 3. The molecule has 8 heteroatoms. The number of likely N-dealkylation sites (tertiary alicyclic amines) is 2. The maximum Gasteiger partial charge on any atom is 0.226 e. The topological polar surface area (TPSA) is 86.5 Å². The number of aliphatic hydroxyl groups excluding tert-OH is 1. The lowest BCUT2D eigenvalue weighted by molar-refractivity contribution is -0.138. The summed E-state index contributed by atoms with van der Waals surface area (Å²) in [6, 6.07) is 0.873. The van der Waals surface area contributed by atoms with Gasteiger partial charge in [-0.25, -0.2) is 4.98 Å². The molecule has 2 saturated heterocycles. The van der Waals surface area contributed by atoms with Crippen LogP contribution in [0.1, 0.15) is 88.7 Å². The Hall–Kier alpha value is -2.19. The van der Waals surface area contributed by atoms with Gasteiger partial charge in [-0.15, -0.1) is 0 Å². The molecule has 37 heavy (non-hydrogen) atoms. The van der Waals surface area contributed by atoms with E-state index < -0.39 is 0 Å². The number of piperidine rings is 2. The van der Waals surface area contributed by atoms with E-state index in [0.717, 1.165) is 100 Å². The molecule has 2 N–H and O–H groups in total. The molecule has 8 nitrogen and oxygen atoms in total. The average molecular weight is 509 g/mol. The number of rotatable bonds is 6. The number of nitrogens with one attached hydrogen (secondary N) is 1. The second-order valence-corrected chi connectivity index (χ2v) is 12.2. The van der Waals surface area contributed by atoms with E-state index in [1.807, 2.05) is 6.20 Å². The van der Waals surface area contributed by atoms with Crippen LogP contribution in [0.3, 0.4) is 0 Å². The van der Waals surface area contributed by atoms with Crippen molar-refractivity contribution in [3.63, 3.8) is 0 Å². The Morgan fingerprint density at radius 1 is 1.11 bits per heavy atom. The highest BCUT2D eigenvalue weighted by molar-refractivity contribution is 5.82. The van der Waals surface area contributed by atoms with Crippen molar-refractivity contribution in [2.75, 3.05) is 38.5 Å². The summed E-state index contributed by atoms with van der Waals surface area (Å²) in [4.78, 5) is 27.4. The van der Waals surface area contributed by atoms with Crippen LogP contribution in [0.15, 0.2) is 12.4 Å². The van der Waals surface area contributed by atoms with Crippen molar-refractivity contribution in [3.8, 4) is 0 Å². The van der Waals surface area contributed by atoms with Crippen LogP contribution in [0, 0.1) is 11.8 Å². The molecule has 1 unspecified atom stereocenters. The molecule has 2 saturated carbocycles. The molecule has 2 aliphatic carbocycles. The largest absolute Gasteiger partial charge is 0.393 e. The molecule has 202 valence electrons. The van der Waals surface area contributed by atoms with Crippen LogP contribution in [-0.4, -0.2) is 80.7 Å². The number of anilines is 1. The predicted molar refractivity (Wildman–Crippen MR) is 146 cm³/mol. The quantitative estimate of drug-likeness (QED) is 0.609. The van der Waals surface area contributed by atoms with E-state index >= 15 is 0 Å². The molecule has 4 fully saturated rings. The first-order chi connectivity index (χ1) is 18.0. The summed E-state index contributed by atoms with van der Waals surface area (Å²) >= 11 is 0. The lowest BCUT2D eigenvalue weighted by Crippen LogP contribution is -2.46. The number of amides is 1. The normalized spacial score (nSPS) is 31.5. The first-order valence-corrected chi connectivity index (χ1v) is 14.8. The molecule has 0 radical (unpaired) electrons. The minimum atomic E-state index is -0.170. The molecular formula is C29H44N6O2. The van der Waals surface area contributed by atoms with Crippen LogP contribution in [0.25, 0.3) is 11.0 Å². The number of carbonyl (C=O) groups excluding carboxylic acids is 1. The third-order valence-corrected chi connectivity index (χ3v) is 9.64. The van der Waals surface area contributed by atoms with Gasteiger partial charge in [-0.1, -0.05) is 13.3 Å². The number of nitrogens with zero attached hydrogens (tertiary/aromatic N) is 5. The van der Waals surface area contributed by atoms with Crippen molar-refractivity contribution in [1.29, 1.82) is 0 Å². The standard InChI is InChI=1S/C29H44N6O2/c1-3-19-15-26(19)31-29-30-16-24-25(18-35(27(24)32-29)22-6-8-23(36)9-7-22)20-10-13-34(14-11-20)28(37)21-5-4-12-33(2)17-21/h16,18-23,26,36H,3-15,17H2,1-2H3,(H,30,31,32)/t19-,21?,22?,23?,26-/m1/s1. The van der Waals surface area contributed by atoms with Gasteiger partial charge in [0, 0.05) is 49.5 Å². The average Bonchev–Trinajstić information content (AvgIpc) is 3.57. The highest BCUT2D eigenvalue weighted by Gasteiger charge is 2.36. The number of aliphatic hydroxyl groups is 1. The summed E-state index contributed by atoms with van der Waals surface area (Å²) in [5, 5.41) is 14.8. The zero-order valence-corrected chi connectivity index (χ0v) is 22.6. The van der Waals surface area contributed by atoms with Gasteiger partial charge in [0.05, 0.1) is 12.0 Å². The number of hydrogen-bond acceptors (Lipinski definition) is 6. The summed E-state index contributed by atoms with van der Waals surface area (Å²) in [6.07, 6.45) is 14.4. The Balaban J connectivity index is 1.21. The molecule has 2 aromatic heterocycles. The molecule has 2 aromatic rings. The molecule has 4 aliphatic rings. The van der Waals surface area contributed by atoms with E-state index in [1.165, 1.54) is 18.4 Å². The van der Waals surface area contributed by atoms with E-state index in [0.29, 0.717) is 23.9 Å². The highest BCUT2D eigenvalue weighted by Crippen LogP contribution is 2.40. The zero-order valence-electron chi connectivity index (χ0n) is 22.6. The Morgan fingerprint density at radius 2 is 1.89 bits per heavy atom. The zero-order chi connectivity index (χ0) is 25.5. The maximum atomic E-state index is 13.2. The molecule has 6 rings (SSSR count). The second kappa shape index (κ2) is 10.5. The van der Waals surface area contributed by atoms with Crippen LogP contribution in [0.4, 0.5) is 5.95 Å². The fourth-order valence-corrected chi connectivity index (χ4v) is 7.14. The van der Waals surface area contributed by atoms with E-state index in [1.54, 1.807) is 0 Å². The van der Waals surface area contributed by atoms with Gasteiger partial charge in [-0.05, 0) is 88.8 Å². The Bertz CT molecular complexity index is 1100. The molecule has 2 aliphatic heterocycles. The lowest BCUT2D eigenvalue weighted by atomic mass is 9.88. The Morgan fingerprint density at radius 3 is 2.59 bits per heavy atom. The molecular weight excluding hydrogens is 464 g/mol. The van der Waals surface area contributed by atoms with Crippen LogP contribution in [0.2, 0.25) is 0 Å². The van der Waals surface area contributed by atoms with Crippen LogP contribution < -0.4 is 5.32 Å². The van der Waals surface area contributed by atoms with Gasteiger partial charge in [0.25, 0.3) is 0 Å². The second-order valence-electron chi connectivity index (χ2n) is 12.2. The number of fused-ring (bicyclic) bond motifs is 1. The fraction of sp³-hybridized carbons (Fsp3) is 0.759. The van der Waals surface area contributed by atoms with Crippen molar-refractivity contribution in [1.82, 2.24) is 24.3 Å².